The number of urea groups is 1. The van der Waals surface area contributed by atoms with Gasteiger partial charge in [-0.25, -0.2) is 9.59 Å². The zero-order valence-corrected chi connectivity index (χ0v) is 10.2. The van der Waals surface area contributed by atoms with E-state index in [2.05, 4.69) is 5.32 Å². The van der Waals surface area contributed by atoms with Crippen LogP contribution in [0.2, 0.25) is 0 Å². The molecule has 0 aromatic carbocycles. The van der Waals surface area contributed by atoms with Crippen LogP contribution in [-0.2, 0) is 4.79 Å². The number of rotatable bonds is 4. The Bertz CT molecular complexity index is 293. The zero-order valence-electron chi connectivity index (χ0n) is 10.2. The molecule has 0 bridgehead atoms. The number of hydrogen-bond donors (Lipinski definition) is 3. The van der Waals surface area contributed by atoms with Crippen LogP contribution in [0.1, 0.15) is 26.7 Å². The molecule has 0 aromatic rings. The molecule has 6 heteroatoms. The molecule has 1 aliphatic rings. The molecule has 0 radical (unpaired) electrons. The van der Waals surface area contributed by atoms with Crippen LogP contribution >= 0.6 is 0 Å². The summed E-state index contributed by atoms with van der Waals surface area (Å²) in [7, 11) is 0. The molecule has 0 aliphatic carbocycles. The summed E-state index contributed by atoms with van der Waals surface area (Å²) < 4.78 is 0. The Morgan fingerprint density at radius 1 is 1.47 bits per heavy atom. The number of β-amino-alcohol motifs (C(OH)–C–C–N with tert-alkyl or cyclic N) is 1. The van der Waals surface area contributed by atoms with Crippen molar-refractivity contribution in [3.8, 4) is 0 Å². The van der Waals surface area contributed by atoms with Gasteiger partial charge in [-0.3, -0.25) is 0 Å². The van der Waals surface area contributed by atoms with Crippen LogP contribution in [0.3, 0.4) is 0 Å². The second kappa shape index (κ2) is 5.86. The molecule has 0 unspecified atom stereocenters. The number of nitrogens with zero attached hydrogens (tertiary/aromatic N) is 1. The fourth-order valence-corrected chi connectivity index (χ4v) is 1.84. The van der Waals surface area contributed by atoms with E-state index in [1.807, 2.05) is 13.8 Å². The molecule has 6 nitrogen and oxygen atoms in total. The molecule has 1 fully saturated rings. The van der Waals surface area contributed by atoms with Gasteiger partial charge in [0, 0.05) is 19.5 Å². The zero-order chi connectivity index (χ0) is 13.0. The van der Waals surface area contributed by atoms with Gasteiger partial charge in [-0.15, -0.1) is 0 Å². The maximum Gasteiger partial charge on any atom is 0.326 e. The molecule has 17 heavy (non-hydrogen) atoms. The predicted molar refractivity (Wildman–Crippen MR) is 61.6 cm³/mol. The summed E-state index contributed by atoms with van der Waals surface area (Å²) in [6.45, 7) is 4.71. The summed E-state index contributed by atoms with van der Waals surface area (Å²) in [5.41, 5.74) is 0. The minimum absolute atomic E-state index is 0.0878. The van der Waals surface area contributed by atoms with Gasteiger partial charge in [0.15, 0.2) is 0 Å². The lowest BCUT2D eigenvalue weighted by atomic mass is 10.1. The van der Waals surface area contributed by atoms with Gasteiger partial charge in [0.05, 0.1) is 6.10 Å². The van der Waals surface area contributed by atoms with Crippen molar-refractivity contribution < 1.29 is 19.8 Å². The van der Waals surface area contributed by atoms with Crippen molar-refractivity contribution in [1.82, 2.24) is 10.2 Å². The minimum Gasteiger partial charge on any atom is -0.480 e. The van der Waals surface area contributed by atoms with E-state index < -0.39 is 24.1 Å². The highest BCUT2D eigenvalue weighted by Crippen LogP contribution is 2.18. The highest BCUT2D eigenvalue weighted by molar-refractivity contribution is 5.83. The number of aliphatic hydroxyl groups excluding tert-OH is 1. The smallest absolute Gasteiger partial charge is 0.326 e. The highest BCUT2D eigenvalue weighted by Gasteiger charge is 2.38. The first-order chi connectivity index (χ1) is 7.91. The molecule has 98 valence electrons. The van der Waals surface area contributed by atoms with Crippen molar-refractivity contribution in [2.24, 2.45) is 5.92 Å². The van der Waals surface area contributed by atoms with E-state index in [1.165, 1.54) is 4.90 Å². The van der Waals surface area contributed by atoms with Gasteiger partial charge in [0.25, 0.3) is 0 Å². The van der Waals surface area contributed by atoms with Crippen molar-refractivity contribution in [2.45, 2.75) is 38.8 Å². The molecule has 0 saturated carbocycles. The lowest BCUT2D eigenvalue weighted by molar-refractivity contribution is -0.141. The molecule has 0 aromatic heterocycles. The summed E-state index contributed by atoms with van der Waals surface area (Å²) in [4.78, 5) is 23.8. The molecule has 1 aliphatic heterocycles. The third-order valence-electron chi connectivity index (χ3n) is 2.82. The number of aliphatic hydroxyl groups is 1. The predicted octanol–water partition coefficient (Wildman–Crippen LogP) is 0.262. The quantitative estimate of drug-likeness (QED) is 0.661. The van der Waals surface area contributed by atoms with Gasteiger partial charge in [-0.05, 0) is 12.3 Å². The molecule has 2 amide bonds. The van der Waals surface area contributed by atoms with Crippen molar-refractivity contribution in [3.63, 3.8) is 0 Å². The van der Waals surface area contributed by atoms with Crippen molar-refractivity contribution in [2.75, 3.05) is 13.1 Å². The fraction of sp³-hybridized carbons (Fsp3) is 0.818. The number of carbonyl (C=O) groups excluding carboxylic acids is 1. The van der Waals surface area contributed by atoms with Crippen molar-refractivity contribution in [3.05, 3.63) is 0 Å². The summed E-state index contributed by atoms with van der Waals surface area (Å²) in [5, 5.41) is 21.0. The van der Waals surface area contributed by atoms with Crippen LogP contribution in [0.5, 0.6) is 0 Å². The van der Waals surface area contributed by atoms with E-state index in [0.29, 0.717) is 12.5 Å². The maximum absolute atomic E-state index is 11.7. The van der Waals surface area contributed by atoms with E-state index in [-0.39, 0.29) is 13.0 Å². The van der Waals surface area contributed by atoms with Crippen molar-refractivity contribution in [1.29, 1.82) is 0 Å². The summed E-state index contributed by atoms with van der Waals surface area (Å²) in [5.74, 6) is -0.588. The van der Waals surface area contributed by atoms with Crippen LogP contribution < -0.4 is 5.32 Å². The average molecular weight is 244 g/mol. The number of hydrogen-bond acceptors (Lipinski definition) is 3. The standard InChI is InChI=1S/C11H20N2O4/c1-7(2)3-4-12-11(17)13-6-8(14)5-9(13)10(15)16/h7-9,14H,3-6H2,1-2H3,(H,12,17)(H,15,16)/t8-,9-/m0/s1. The largest absolute Gasteiger partial charge is 0.480 e. The monoisotopic (exact) mass is 244 g/mol. The highest BCUT2D eigenvalue weighted by atomic mass is 16.4. The number of carboxylic acid groups (broad SMARTS) is 1. The Kier molecular flexibility index (Phi) is 4.74. The number of nitrogens with one attached hydrogen (secondary N) is 1. The first kappa shape index (κ1) is 13.8. The van der Waals surface area contributed by atoms with Gasteiger partial charge in [-0.2, -0.15) is 0 Å². The molecular weight excluding hydrogens is 224 g/mol. The third-order valence-corrected chi connectivity index (χ3v) is 2.82. The minimum atomic E-state index is -1.07. The molecule has 0 spiro atoms. The maximum atomic E-state index is 11.7. The summed E-state index contributed by atoms with van der Waals surface area (Å²) >= 11 is 0. The second-order valence-corrected chi connectivity index (χ2v) is 4.81. The molecule has 1 rings (SSSR count). The van der Waals surface area contributed by atoms with E-state index in [0.717, 1.165) is 6.42 Å². The Morgan fingerprint density at radius 2 is 2.12 bits per heavy atom. The number of carboxylic acids is 1. The number of likely N-dealkylation sites (tertiary alicyclic amines) is 1. The fourth-order valence-electron chi connectivity index (χ4n) is 1.84. The SMILES string of the molecule is CC(C)CCNC(=O)N1C[C@@H](O)C[C@H]1C(=O)O. The van der Waals surface area contributed by atoms with E-state index in [1.54, 1.807) is 0 Å². The summed E-state index contributed by atoms with van der Waals surface area (Å²) in [6, 6.07) is -1.32. The first-order valence-corrected chi connectivity index (χ1v) is 5.87. The molecule has 2 atom stereocenters. The number of carbonyl (C=O) groups is 2. The average Bonchev–Trinajstić information content (AvgIpc) is 2.59. The van der Waals surface area contributed by atoms with Crippen LogP contribution in [0.15, 0.2) is 0 Å². The third kappa shape index (κ3) is 3.89. The van der Waals surface area contributed by atoms with Crippen LogP contribution in [0.25, 0.3) is 0 Å². The van der Waals surface area contributed by atoms with Gasteiger partial charge in [0.1, 0.15) is 6.04 Å². The van der Waals surface area contributed by atoms with Crippen LogP contribution in [0.4, 0.5) is 4.79 Å². The van der Waals surface area contributed by atoms with Crippen molar-refractivity contribution >= 4 is 12.0 Å². The van der Waals surface area contributed by atoms with Crippen LogP contribution in [-0.4, -0.2) is 52.3 Å². The van der Waals surface area contributed by atoms with Gasteiger partial charge in [0.2, 0.25) is 0 Å². The Hall–Kier alpha value is -1.30. The van der Waals surface area contributed by atoms with Gasteiger partial charge < -0.3 is 20.4 Å². The molecule has 3 N–H and O–H groups in total. The van der Waals surface area contributed by atoms with E-state index in [9.17, 15) is 14.7 Å². The van der Waals surface area contributed by atoms with E-state index in [4.69, 9.17) is 5.11 Å². The van der Waals surface area contributed by atoms with E-state index >= 15 is 0 Å². The van der Waals surface area contributed by atoms with Crippen LogP contribution in [0, 0.1) is 5.92 Å². The Balaban J connectivity index is 2.47. The Labute approximate surface area is 101 Å². The number of amides is 2. The van der Waals surface area contributed by atoms with Gasteiger partial charge in [-0.1, -0.05) is 13.8 Å². The summed E-state index contributed by atoms with van der Waals surface area (Å²) in [6.07, 6.45) is 0.208. The first-order valence-electron chi connectivity index (χ1n) is 5.87. The molecule has 1 saturated heterocycles. The van der Waals surface area contributed by atoms with Gasteiger partial charge >= 0.3 is 12.0 Å². The molecule has 1 heterocycles. The lowest BCUT2D eigenvalue weighted by Gasteiger charge is -2.21. The topological polar surface area (TPSA) is 89.9 Å². The second-order valence-electron chi connectivity index (χ2n) is 4.81. The lowest BCUT2D eigenvalue weighted by Crippen LogP contribution is -2.46. The molecular formula is C11H20N2O4. The normalized spacial score (nSPS) is 24.1. The number of aliphatic carboxylic acids is 1. The Morgan fingerprint density at radius 3 is 2.65 bits per heavy atom.